The highest BCUT2D eigenvalue weighted by Crippen LogP contribution is 2.31. The van der Waals surface area contributed by atoms with E-state index in [0.29, 0.717) is 11.8 Å². The number of amides is 2. The summed E-state index contributed by atoms with van der Waals surface area (Å²) in [6, 6.07) is 17.6. The summed E-state index contributed by atoms with van der Waals surface area (Å²) in [4.78, 5) is 35.1. The van der Waals surface area contributed by atoms with Crippen molar-refractivity contribution in [3.8, 4) is 11.1 Å². The van der Waals surface area contributed by atoms with Gasteiger partial charge in [0.05, 0.1) is 11.8 Å². The van der Waals surface area contributed by atoms with Gasteiger partial charge in [-0.25, -0.2) is 0 Å². The first kappa shape index (κ1) is 30.3. The Hall–Kier alpha value is -2.70. The van der Waals surface area contributed by atoms with E-state index >= 15 is 0 Å². The van der Waals surface area contributed by atoms with Crippen LogP contribution in [-0.4, -0.2) is 83.8 Å². The highest BCUT2D eigenvalue weighted by Gasteiger charge is 2.30. The van der Waals surface area contributed by atoms with E-state index in [2.05, 4.69) is 86.0 Å². The number of benzene rings is 2. The number of hydrogen-bond donors (Lipinski definition) is 0. The second-order valence-corrected chi connectivity index (χ2v) is 11.5. The van der Waals surface area contributed by atoms with E-state index in [1.165, 1.54) is 22.3 Å². The van der Waals surface area contributed by atoms with Crippen LogP contribution in [0.25, 0.3) is 11.1 Å². The first-order chi connectivity index (χ1) is 19.5. The van der Waals surface area contributed by atoms with E-state index in [4.69, 9.17) is 0 Å². The molecule has 0 radical (unpaired) electrons. The topological polar surface area (TPSA) is 47.1 Å². The number of carbonyl (C=O) groups is 2. The van der Waals surface area contributed by atoms with Crippen LogP contribution in [0.3, 0.4) is 0 Å². The zero-order chi connectivity index (χ0) is 28.5. The van der Waals surface area contributed by atoms with Gasteiger partial charge in [-0.1, -0.05) is 48.5 Å². The smallest absolute Gasteiger partial charge is 0.226 e. The fourth-order valence-corrected chi connectivity index (χ4v) is 6.71. The third kappa shape index (κ3) is 7.32. The summed E-state index contributed by atoms with van der Waals surface area (Å²) in [5.41, 5.74) is 5.20. The van der Waals surface area contributed by atoms with Gasteiger partial charge in [0.25, 0.3) is 0 Å². The van der Waals surface area contributed by atoms with Crippen LogP contribution in [0.2, 0.25) is 0 Å². The molecule has 0 bridgehead atoms. The summed E-state index contributed by atoms with van der Waals surface area (Å²) in [6.07, 6.45) is 4.12. The molecule has 218 valence electrons. The zero-order valence-corrected chi connectivity index (χ0v) is 25.3. The predicted molar refractivity (Wildman–Crippen MR) is 164 cm³/mol. The van der Waals surface area contributed by atoms with Crippen molar-refractivity contribution < 1.29 is 9.59 Å². The molecule has 2 aliphatic heterocycles. The van der Waals surface area contributed by atoms with Crippen LogP contribution in [0.4, 0.5) is 0 Å². The Balaban J connectivity index is 1.49. The molecule has 2 aromatic rings. The lowest BCUT2D eigenvalue weighted by Gasteiger charge is -2.35. The fourth-order valence-electron chi connectivity index (χ4n) is 6.71. The van der Waals surface area contributed by atoms with Gasteiger partial charge in [-0.15, -0.1) is 0 Å². The van der Waals surface area contributed by atoms with Crippen LogP contribution < -0.4 is 0 Å². The molecule has 2 atom stereocenters. The first-order valence-corrected chi connectivity index (χ1v) is 15.7. The van der Waals surface area contributed by atoms with Gasteiger partial charge in [-0.2, -0.15) is 0 Å². The Labute approximate surface area is 242 Å². The summed E-state index contributed by atoms with van der Waals surface area (Å²) in [5.74, 6) is 0.818. The molecule has 0 aliphatic carbocycles. The molecule has 2 amide bonds. The molecule has 0 aromatic heterocycles. The van der Waals surface area contributed by atoms with Crippen molar-refractivity contribution in [3.05, 3.63) is 59.7 Å². The van der Waals surface area contributed by atoms with E-state index in [9.17, 15) is 9.59 Å². The van der Waals surface area contributed by atoms with Crippen LogP contribution in [0.1, 0.15) is 64.5 Å². The normalized spacial score (nSPS) is 20.3. The molecule has 6 heteroatoms. The summed E-state index contributed by atoms with van der Waals surface area (Å²) < 4.78 is 0. The molecule has 0 spiro atoms. The Morgan fingerprint density at radius 2 is 1.02 bits per heavy atom. The van der Waals surface area contributed by atoms with E-state index in [1.807, 2.05) is 9.80 Å². The van der Waals surface area contributed by atoms with Crippen LogP contribution in [0.5, 0.6) is 0 Å². The highest BCUT2D eigenvalue weighted by atomic mass is 16.2. The van der Waals surface area contributed by atoms with Crippen LogP contribution >= 0.6 is 0 Å². The molecule has 2 aliphatic rings. The van der Waals surface area contributed by atoms with E-state index in [0.717, 1.165) is 91.1 Å². The molecular weight excluding hydrogens is 496 g/mol. The zero-order valence-electron chi connectivity index (χ0n) is 25.3. The average molecular weight is 547 g/mol. The van der Waals surface area contributed by atoms with Gasteiger partial charge in [0.15, 0.2) is 0 Å². The van der Waals surface area contributed by atoms with Crippen molar-refractivity contribution in [3.63, 3.8) is 0 Å². The van der Waals surface area contributed by atoms with Gasteiger partial charge in [0.1, 0.15) is 0 Å². The molecule has 40 heavy (non-hydrogen) atoms. The minimum absolute atomic E-state index is 0.0965. The summed E-state index contributed by atoms with van der Waals surface area (Å²) in [7, 11) is 0. The molecule has 6 nitrogen and oxygen atoms in total. The van der Waals surface area contributed by atoms with Crippen molar-refractivity contribution in [2.45, 2.75) is 66.5 Å². The standard InChI is InChI=1S/C34H50N4O2/c1-5-37(6-2)33(39)29-17-13-21-35(25-29)23-27-15-9-11-19-31(27)32-20-12-10-16-28(32)24-36-22-14-18-30(26-36)34(40)38(7-3)8-4/h9-12,15-16,19-20,29-30H,5-8,13-14,17-18,21-26H2,1-4H3. The van der Waals surface area contributed by atoms with Gasteiger partial charge in [-0.05, 0) is 88.7 Å². The third-order valence-corrected chi connectivity index (χ3v) is 8.97. The maximum absolute atomic E-state index is 13.1. The molecule has 2 unspecified atom stereocenters. The van der Waals surface area contributed by atoms with E-state index in [1.54, 1.807) is 0 Å². The maximum atomic E-state index is 13.1. The van der Waals surface area contributed by atoms with Crippen molar-refractivity contribution in [2.24, 2.45) is 11.8 Å². The number of rotatable bonds is 11. The predicted octanol–water partition coefficient (Wildman–Crippen LogP) is 5.51. The largest absolute Gasteiger partial charge is 0.343 e. The SMILES string of the molecule is CCN(CC)C(=O)C1CCCN(Cc2ccccc2-c2ccccc2CN2CCCC(C(=O)N(CC)CC)C2)C1. The molecule has 0 saturated carbocycles. The van der Waals surface area contributed by atoms with Gasteiger partial charge in [0, 0.05) is 52.4 Å². The van der Waals surface area contributed by atoms with Gasteiger partial charge in [-0.3, -0.25) is 19.4 Å². The minimum atomic E-state index is 0.0965. The number of carbonyl (C=O) groups excluding carboxylic acids is 2. The summed E-state index contributed by atoms with van der Waals surface area (Å²) >= 11 is 0. The Morgan fingerprint density at radius 3 is 1.40 bits per heavy atom. The Bertz CT molecular complexity index is 1020. The van der Waals surface area contributed by atoms with E-state index in [-0.39, 0.29) is 11.8 Å². The number of hydrogen-bond acceptors (Lipinski definition) is 4. The van der Waals surface area contributed by atoms with E-state index < -0.39 is 0 Å². The number of nitrogens with zero attached hydrogens (tertiary/aromatic N) is 4. The van der Waals surface area contributed by atoms with Gasteiger partial charge < -0.3 is 9.80 Å². The molecule has 2 saturated heterocycles. The van der Waals surface area contributed by atoms with Crippen molar-refractivity contribution in [2.75, 3.05) is 52.4 Å². The van der Waals surface area contributed by atoms with Gasteiger partial charge >= 0.3 is 0 Å². The lowest BCUT2D eigenvalue weighted by atomic mass is 9.92. The molecular formula is C34H50N4O2. The molecule has 2 heterocycles. The molecule has 2 fully saturated rings. The quantitative estimate of drug-likeness (QED) is 0.373. The third-order valence-electron chi connectivity index (χ3n) is 8.97. The van der Waals surface area contributed by atoms with Crippen molar-refractivity contribution in [1.29, 1.82) is 0 Å². The maximum Gasteiger partial charge on any atom is 0.226 e. The van der Waals surface area contributed by atoms with Gasteiger partial charge in [0.2, 0.25) is 11.8 Å². The second-order valence-electron chi connectivity index (χ2n) is 11.5. The average Bonchev–Trinajstić information content (AvgIpc) is 2.99. The summed E-state index contributed by atoms with van der Waals surface area (Å²) in [5, 5.41) is 0. The lowest BCUT2D eigenvalue weighted by molar-refractivity contribution is -0.137. The lowest BCUT2D eigenvalue weighted by Crippen LogP contribution is -2.44. The Morgan fingerprint density at radius 1 is 0.650 bits per heavy atom. The second kappa shape index (κ2) is 14.8. The summed E-state index contributed by atoms with van der Waals surface area (Å²) in [6.45, 7) is 16.9. The van der Waals surface area contributed by atoms with Crippen molar-refractivity contribution in [1.82, 2.24) is 19.6 Å². The Kier molecular flexibility index (Phi) is 11.2. The highest BCUT2D eigenvalue weighted by molar-refractivity contribution is 5.79. The molecule has 0 N–H and O–H groups in total. The minimum Gasteiger partial charge on any atom is -0.343 e. The van der Waals surface area contributed by atoms with Crippen LogP contribution in [0, 0.1) is 11.8 Å². The van der Waals surface area contributed by atoms with Crippen molar-refractivity contribution >= 4 is 11.8 Å². The fraction of sp³-hybridized carbons (Fsp3) is 0.588. The monoisotopic (exact) mass is 546 g/mol. The number of likely N-dealkylation sites (tertiary alicyclic amines) is 2. The first-order valence-electron chi connectivity index (χ1n) is 15.7. The number of piperidine rings is 2. The van der Waals surface area contributed by atoms with Crippen LogP contribution in [0.15, 0.2) is 48.5 Å². The van der Waals surface area contributed by atoms with Crippen LogP contribution in [-0.2, 0) is 22.7 Å². The molecule has 4 rings (SSSR count). The molecule has 2 aromatic carbocycles.